The zero-order valence-corrected chi connectivity index (χ0v) is 11.4. The molecule has 0 aromatic carbocycles. The van der Waals surface area contributed by atoms with E-state index in [-0.39, 0.29) is 0 Å². The molecular weight excluding hydrogens is 266 g/mol. The molecule has 0 fully saturated rings. The van der Waals surface area contributed by atoms with Gasteiger partial charge in [-0.25, -0.2) is 8.42 Å². The summed E-state index contributed by atoms with van der Waals surface area (Å²) >= 11 is 3.39. The van der Waals surface area contributed by atoms with E-state index in [1.807, 2.05) is 0 Å². The highest BCUT2D eigenvalue weighted by Gasteiger charge is 2.05. The third kappa shape index (κ3) is 8.97. The molecule has 0 N–H and O–H groups in total. The quantitative estimate of drug-likeness (QED) is 0.635. The van der Waals surface area contributed by atoms with Crippen molar-refractivity contribution >= 4 is 25.8 Å². The topological polar surface area (TPSA) is 37.4 Å². The molecule has 0 radical (unpaired) electrons. The van der Waals surface area contributed by atoms with Crippen molar-refractivity contribution in [3.05, 3.63) is 0 Å². The zero-order chi connectivity index (χ0) is 11.0. The molecule has 3 nitrogen and oxygen atoms in total. The Morgan fingerprint density at radius 1 is 1.21 bits per heavy atom. The Bertz CT molecular complexity index is 223. The second kappa shape index (κ2) is 7.65. The van der Waals surface area contributed by atoms with Gasteiger partial charge in [0.25, 0.3) is 0 Å². The number of sulfone groups is 1. The van der Waals surface area contributed by atoms with E-state index in [9.17, 15) is 8.42 Å². The van der Waals surface area contributed by atoms with Gasteiger partial charge in [0.15, 0.2) is 0 Å². The molecule has 0 rings (SSSR count). The standard InChI is InChI=1S/C9H20BrNO2S/c1-3-6-11(8-5-10)7-4-9-14(2,12)13/h3-9H2,1-2H3. The van der Waals surface area contributed by atoms with E-state index < -0.39 is 9.84 Å². The van der Waals surface area contributed by atoms with Gasteiger partial charge in [-0.2, -0.15) is 0 Å². The fraction of sp³-hybridized carbons (Fsp3) is 1.00. The fourth-order valence-corrected chi connectivity index (χ4v) is 2.48. The molecule has 86 valence electrons. The lowest BCUT2D eigenvalue weighted by Crippen LogP contribution is -2.28. The first-order chi connectivity index (χ1) is 6.49. The second-order valence-corrected chi connectivity index (χ2v) is 6.57. The fourth-order valence-electron chi connectivity index (χ4n) is 1.32. The number of rotatable bonds is 8. The van der Waals surface area contributed by atoms with E-state index >= 15 is 0 Å². The smallest absolute Gasteiger partial charge is 0.147 e. The van der Waals surface area contributed by atoms with E-state index in [4.69, 9.17) is 0 Å². The van der Waals surface area contributed by atoms with E-state index in [0.717, 1.165) is 37.8 Å². The minimum Gasteiger partial charge on any atom is -0.302 e. The Balaban J connectivity index is 3.70. The lowest BCUT2D eigenvalue weighted by atomic mass is 10.3. The Morgan fingerprint density at radius 3 is 2.29 bits per heavy atom. The van der Waals surface area contributed by atoms with E-state index in [1.165, 1.54) is 6.26 Å². The maximum Gasteiger partial charge on any atom is 0.147 e. The first-order valence-corrected chi connectivity index (χ1v) is 8.14. The minimum absolute atomic E-state index is 0.301. The van der Waals surface area contributed by atoms with Gasteiger partial charge in [0, 0.05) is 18.1 Å². The minimum atomic E-state index is -2.79. The molecule has 0 atom stereocenters. The molecule has 0 heterocycles. The lowest BCUT2D eigenvalue weighted by Gasteiger charge is -2.19. The third-order valence-electron chi connectivity index (χ3n) is 1.93. The van der Waals surface area contributed by atoms with Gasteiger partial charge in [0.1, 0.15) is 9.84 Å². The van der Waals surface area contributed by atoms with Gasteiger partial charge in [0.2, 0.25) is 0 Å². The number of alkyl halides is 1. The van der Waals surface area contributed by atoms with Gasteiger partial charge < -0.3 is 4.90 Å². The molecule has 0 unspecified atom stereocenters. The highest BCUT2D eigenvalue weighted by molar-refractivity contribution is 9.09. The van der Waals surface area contributed by atoms with Crippen LogP contribution < -0.4 is 0 Å². The van der Waals surface area contributed by atoms with Crippen molar-refractivity contribution in [3.8, 4) is 0 Å². The molecule has 0 saturated carbocycles. The van der Waals surface area contributed by atoms with Crippen molar-refractivity contribution in [3.63, 3.8) is 0 Å². The van der Waals surface area contributed by atoms with E-state index in [0.29, 0.717) is 5.75 Å². The second-order valence-electron chi connectivity index (χ2n) is 3.51. The van der Waals surface area contributed by atoms with E-state index in [2.05, 4.69) is 27.8 Å². The number of nitrogens with zero attached hydrogens (tertiary/aromatic N) is 1. The van der Waals surface area contributed by atoms with Crippen LogP contribution in [0.25, 0.3) is 0 Å². The molecule has 5 heteroatoms. The van der Waals surface area contributed by atoms with Crippen molar-refractivity contribution in [2.24, 2.45) is 0 Å². The van der Waals surface area contributed by atoms with Crippen molar-refractivity contribution in [2.45, 2.75) is 19.8 Å². The lowest BCUT2D eigenvalue weighted by molar-refractivity contribution is 0.293. The molecule has 0 amide bonds. The summed E-state index contributed by atoms with van der Waals surface area (Å²) in [7, 11) is -2.79. The number of hydrogen-bond donors (Lipinski definition) is 0. The molecule has 14 heavy (non-hydrogen) atoms. The molecule has 0 aromatic heterocycles. The average molecular weight is 286 g/mol. The van der Waals surface area contributed by atoms with E-state index in [1.54, 1.807) is 0 Å². The summed E-state index contributed by atoms with van der Waals surface area (Å²) in [6.45, 7) is 5.07. The monoisotopic (exact) mass is 285 g/mol. The normalized spacial score (nSPS) is 12.3. The molecule has 0 aliphatic carbocycles. The summed E-state index contributed by atoms with van der Waals surface area (Å²) in [6, 6.07) is 0. The van der Waals surface area contributed by atoms with Gasteiger partial charge >= 0.3 is 0 Å². The van der Waals surface area contributed by atoms with Gasteiger partial charge in [-0.3, -0.25) is 0 Å². The van der Waals surface area contributed by atoms with Crippen LogP contribution >= 0.6 is 15.9 Å². The average Bonchev–Trinajstić information content (AvgIpc) is 2.02. The highest BCUT2D eigenvalue weighted by atomic mass is 79.9. The largest absolute Gasteiger partial charge is 0.302 e. The van der Waals surface area contributed by atoms with Crippen molar-refractivity contribution in [2.75, 3.05) is 37.0 Å². The van der Waals surface area contributed by atoms with Crippen LogP contribution in [-0.4, -0.2) is 50.3 Å². The van der Waals surface area contributed by atoms with Gasteiger partial charge in [0.05, 0.1) is 5.75 Å². The summed E-state index contributed by atoms with van der Waals surface area (Å²) in [5.41, 5.74) is 0. The van der Waals surface area contributed by atoms with Crippen LogP contribution in [0, 0.1) is 0 Å². The summed E-state index contributed by atoms with van der Waals surface area (Å²) in [6.07, 6.45) is 3.15. The van der Waals surface area contributed by atoms with Crippen LogP contribution in [-0.2, 0) is 9.84 Å². The Morgan fingerprint density at radius 2 is 1.86 bits per heavy atom. The summed E-state index contributed by atoms with van der Waals surface area (Å²) in [4.78, 5) is 2.29. The van der Waals surface area contributed by atoms with Crippen LogP contribution in [0.3, 0.4) is 0 Å². The van der Waals surface area contributed by atoms with Crippen LogP contribution in [0.4, 0.5) is 0 Å². The SMILES string of the molecule is CCCN(CCBr)CCCS(C)(=O)=O. The molecule has 0 spiro atoms. The molecule has 0 aliphatic rings. The Hall–Kier alpha value is 0.390. The Labute approximate surface area is 95.9 Å². The maximum absolute atomic E-state index is 10.9. The Kier molecular flexibility index (Phi) is 7.86. The first-order valence-electron chi connectivity index (χ1n) is 4.95. The first kappa shape index (κ1) is 14.4. The molecule has 0 aromatic rings. The predicted molar refractivity (Wildman–Crippen MR) is 64.9 cm³/mol. The molecular formula is C9H20BrNO2S. The van der Waals surface area contributed by atoms with Crippen LogP contribution in [0.2, 0.25) is 0 Å². The summed E-state index contributed by atoms with van der Waals surface area (Å²) < 4.78 is 21.8. The molecule has 0 saturated heterocycles. The van der Waals surface area contributed by atoms with Gasteiger partial charge in [-0.1, -0.05) is 22.9 Å². The van der Waals surface area contributed by atoms with Gasteiger partial charge in [-0.15, -0.1) is 0 Å². The van der Waals surface area contributed by atoms with Crippen molar-refractivity contribution in [1.82, 2.24) is 4.90 Å². The molecule has 0 bridgehead atoms. The molecule has 0 aliphatic heterocycles. The summed E-state index contributed by atoms with van der Waals surface area (Å²) in [5, 5.41) is 0.950. The highest BCUT2D eigenvalue weighted by Crippen LogP contribution is 1.98. The predicted octanol–water partition coefficient (Wildman–Crippen LogP) is 1.53. The van der Waals surface area contributed by atoms with Crippen molar-refractivity contribution in [1.29, 1.82) is 0 Å². The zero-order valence-electron chi connectivity index (χ0n) is 9.00. The van der Waals surface area contributed by atoms with Crippen molar-refractivity contribution < 1.29 is 8.42 Å². The summed E-state index contributed by atoms with van der Waals surface area (Å²) in [5.74, 6) is 0.301. The maximum atomic E-state index is 10.9. The van der Waals surface area contributed by atoms with Crippen LogP contribution in [0.15, 0.2) is 0 Å². The van der Waals surface area contributed by atoms with Gasteiger partial charge in [-0.05, 0) is 25.9 Å². The van der Waals surface area contributed by atoms with Crippen LogP contribution in [0.1, 0.15) is 19.8 Å². The van der Waals surface area contributed by atoms with Crippen LogP contribution in [0.5, 0.6) is 0 Å². The number of hydrogen-bond acceptors (Lipinski definition) is 3. The third-order valence-corrected chi connectivity index (χ3v) is 3.31. The number of halogens is 1.